The molecule has 1 aromatic rings. The molecule has 1 aromatic carbocycles. The van der Waals surface area contributed by atoms with Gasteiger partial charge in [0.05, 0.1) is 6.10 Å². The molecule has 3 heteroatoms. The highest BCUT2D eigenvalue weighted by molar-refractivity contribution is 6.31. The summed E-state index contributed by atoms with van der Waals surface area (Å²) in [5.41, 5.74) is 0.754. The zero-order chi connectivity index (χ0) is 10.8. The lowest BCUT2D eigenvalue weighted by atomic mass is 9.82. The van der Waals surface area contributed by atoms with E-state index in [1.54, 1.807) is 6.07 Å². The Morgan fingerprint density at radius 3 is 2.73 bits per heavy atom. The summed E-state index contributed by atoms with van der Waals surface area (Å²) in [6, 6.07) is 4.36. The van der Waals surface area contributed by atoms with Crippen LogP contribution >= 0.6 is 11.6 Å². The van der Waals surface area contributed by atoms with Crippen LogP contribution in [0.5, 0.6) is 0 Å². The van der Waals surface area contributed by atoms with E-state index in [-0.39, 0.29) is 17.8 Å². The van der Waals surface area contributed by atoms with Gasteiger partial charge in [0.25, 0.3) is 0 Å². The highest BCUT2D eigenvalue weighted by Gasteiger charge is 2.26. The second kappa shape index (κ2) is 4.50. The standard InChI is InChI=1S/C12H14ClFO/c13-11-6-5-8(14)7-10(11)9-3-1-2-4-12(9)15/h5-7,9,12,15H,1-4H2. The molecule has 0 radical (unpaired) electrons. The number of hydrogen-bond donors (Lipinski definition) is 1. The number of halogens is 2. The summed E-state index contributed by atoms with van der Waals surface area (Å²) in [5, 5.41) is 10.4. The van der Waals surface area contributed by atoms with Crippen LogP contribution in [0.15, 0.2) is 18.2 Å². The van der Waals surface area contributed by atoms with Gasteiger partial charge in [0, 0.05) is 10.9 Å². The lowest BCUT2D eigenvalue weighted by Gasteiger charge is -2.28. The molecule has 1 N–H and O–H groups in total. The first-order chi connectivity index (χ1) is 7.18. The topological polar surface area (TPSA) is 20.2 Å². The molecule has 2 rings (SSSR count). The van der Waals surface area contributed by atoms with Crippen molar-refractivity contribution >= 4 is 11.6 Å². The summed E-state index contributed by atoms with van der Waals surface area (Å²) in [4.78, 5) is 0. The summed E-state index contributed by atoms with van der Waals surface area (Å²) in [6.45, 7) is 0. The number of benzene rings is 1. The van der Waals surface area contributed by atoms with Crippen LogP contribution in [0.3, 0.4) is 0 Å². The van der Waals surface area contributed by atoms with E-state index >= 15 is 0 Å². The number of hydrogen-bond acceptors (Lipinski definition) is 1. The highest BCUT2D eigenvalue weighted by Crippen LogP contribution is 2.36. The molecule has 0 saturated heterocycles. The minimum absolute atomic E-state index is 0.00181. The Morgan fingerprint density at radius 2 is 2.00 bits per heavy atom. The maximum atomic E-state index is 13.1. The molecule has 2 atom stereocenters. The molecule has 2 unspecified atom stereocenters. The minimum atomic E-state index is -0.377. The molecule has 0 aromatic heterocycles. The van der Waals surface area contributed by atoms with Gasteiger partial charge in [-0.25, -0.2) is 4.39 Å². The maximum Gasteiger partial charge on any atom is 0.123 e. The lowest BCUT2D eigenvalue weighted by Crippen LogP contribution is -2.22. The van der Waals surface area contributed by atoms with Gasteiger partial charge in [0.15, 0.2) is 0 Å². The van der Waals surface area contributed by atoms with Gasteiger partial charge in [0.1, 0.15) is 5.82 Å². The molecule has 1 aliphatic rings. The molecule has 1 saturated carbocycles. The van der Waals surface area contributed by atoms with Gasteiger partial charge in [-0.3, -0.25) is 0 Å². The molecule has 0 bridgehead atoms. The third-order valence-corrected chi connectivity index (χ3v) is 3.43. The molecule has 1 nitrogen and oxygen atoms in total. The van der Waals surface area contributed by atoms with Crippen LogP contribution < -0.4 is 0 Å². The van der Waals surface area contributed by atoms with Gasteiger partial charge in [-0.15, -0.1) is 0 Å². The van der Waals surface area contributed by atoms with Crippen molar-refractivity contribution in [1.29, 1.82) is 0 Å². The van der Waals surface area contributed by atoms with Crippen molar-refractivity contribution in [3.8, 4) is 0 Å². The first-order valence-electron chi connectivity index (χ1n) is 5.31. The zero-order valence-electron chi connectivity index (χ0n) is 8.42. The van der Waals surface area contributed by atoms with Gasteiger partial charge in [0.2, 0.25) is 0 Å². The van der Waals surface area contributed by atoms with Gasteiger partial charge >= 0.3 is 0 Å². The van der Waals surface area contributed by atoms with Gasteiger partial charge in [-0.2, -0.15) is 0 Å². The second-order valence-electron chi connectivity index (χ2n) is 4.12. The molecular weight excluding hydrogens is 215 g/mol. The van der Waals surface area contributed by atoms with Gasteiger partial charge in [-0.05, 0) is 36.6 Å². The largest absolute Gasteiger partial charge is 0.392 e. The van der Waals surface area contributed by atoms with Crippen LogP contribution in [0.25, 0.3) is 0 Å². The molecule has 15 heavy (non-hydrogen) atoms. The van der Waals surface area contributed by atoms with Crippen LogP contribution in [0.4, 0.5) is 4.39 Å². The predicted molar refractivity (Wildman–Crippen MR) is 58.6 cm³/mol. The van der Waals surface area contributed by atoms with E-state index in [2.05, 4.69) is 0 Å². The molecular formula is C12H14ClFO. The molecule has 82 valence electrons. The molecule has 1 aliphatic carbocycles. The van der Waals surface area contributed by atoms with Crippen molar-refractivity contribution in [3.63, 3.8) is 0 Å². The van der Waals surface area contributed by atoms with E-state index in [0.29, 0.717) is 5.02 Å². The van der Waals surface area contributed by atoms with Gasteiger partial charge in [-0.1, -0.05) is 24.4 Å². The third kappa shape index (κ3) is 2.32. The Kier molecular flexibility index (Phi) is 3.27. The summed E-state index contributed by atoms with van der Waals surface area (Å²) in [6.07, 6.45) is 3.43. The van der Waals surface area contributed by atoms with Crippen LogP contribution in [0.1, 0.15) is 37.2 Å². The van der Waals surface area contributed by atoms with Gasteiger partial charge < -0.3 is 5.11 Å². The number of aliphatic hydroxyl groups is 1. The summed E-state index contributed by atoms with van der Waals surface area (Å²) >= 11 is 6.02. The fraction of sp³-hybridized carbons (Fsp3) is 0.500. The molecule has 0 aliphatic heterocycles. The Morgan fingerprint density at radius 1 is 1.27 bits per heavy atom. The average Bonchev–Trinajstić information content (AvgIpc) is 2.23. The van der Waals surface area contributed by atoms with E-state index in [1.807, 2.05) is 0 Å². The van der Waals surface area contributed by atoms with Crippen molar-refractivity contribution < 1.29 is 9.50 Å². The monoisotopic (exact) mass is 228 g/mol. The Hall–Kier alpha value is -0.600. The lowest BCUT2D eigenvalue weighted by molar-refractivity contribution is 0.106. The first kappa shape index (κ1) is 10.9. The Balaban J connectivity index is 2.30. The first-order valence-corrected chi connectivity index (χ1v) is 5.69. The SMILES string of the molecule is OC1CCCCC1c1cc(F)ccc1Cl. The fourth-order valence-corrected chi connectivity index (χ4v) is 2.53. The normalized spacial score (nSPS) is 26.6. The zero-order valence-corrected chi connectivity index (χ0v) is 9.17. The third-order valence-electron chi connectivity index (χ3n) is 3.09. The van der Waals surface area contributed by atoms with Crippen molar-refractivity contribution in [1.82, 2.24) is 0 Å². The van der Waals surface area contributed by atoms with E-state index in [1.165, 1.54) is 12.1 Å². The second-order valence-corrected chi connectivity index (χ2v) is 4.53. The van der Waals surface area contributed by atoms with E-state index in [0.717, 1.165) is 31.2 Å². The maximum absolute atomic E-state index is 13.1. The molecule has 0 heterocycles. The van der Waals surface area contributed by atoms with Crippen molar-refractivity contribution in [2.75, 3.05) is 0 Å². The molecule has 1 fully saturated rings. The number of rotatable bonds is 1. The van der Waals surface area contributed by atoms with E-state index in [4.69, 9.17) is 11.6 Å². The summed E-state index contributed by atoms with van der Waals surface area (Å²) < 4.78 is 13.1. The van der Waals surface area contributed by atoms with E-state index in [9.17, 15) is 9.50 Å². The summed E-state index contributed by atoms with van der Waals surface area (Å²) in [7, 11) is 0. The molecule has 0 amide bonds. The van der Waals surface area contributed by atoms with Crippen molar-refractivity contribution in [2.45, 2.75) is 37.7 Å². The van der Waals surface area contributed by atoms with Crippen LogP contribution in [0, 0.1) is 5.82 Å². The van der Waals surface area contributed by atoms with Crippen LogP contribution in [0.2, 0.25) is 5.02 Å². The number of aliphatic hydroxyl groups excluding tert-OH is 1. The van der Waals surface area contributed by atoms with Crippen molar-refractivity contribution in [3.05, 3.63) is 34.6 Å². The predicted octanol–water partition coefficient (Wildman–Crippen LogP) is 3.50. The summed E-state index contributed by atoms with van der Waals surface area (Å²) in [5.74, 6) is -0.283. The molecule has 0 spiro atoms. The van der Waals surface area contributed by atoms with E-state index < -0.39 is 0 Å². The fourth-order valence-electron chi connectivity index (χ4n) is 2.27. The Bertz CT molecular complexity index is 353. The minimum Gasteiger partial charge on any atom is -0.392 e. The Labute approximate surface area is 93.9 Å². The highest BCUT2D eigenvalue weighted by atomic mass is 35.5. The smallest absolute Gasteiger partial charge is 0.123 e. The van der Waals surface area contributed by atoms with Crippen LogP contribution in [-0.2, 0) is 0 Å². The van der Waals surface area contributed by atoms with Crippen molar-refractivity contribution in [2.24, 2.45) is 0 Å². The quantitative estimate of drug-likeness (QED) is 0.780. The van der Waals surface area contributed by atoms with Crippen LogP contribution in [-0.4, -0.2) is 11.2 Å². The average molecular weight is 229 g/mol.